The van der Waals surface area contributed by atoms with E-state index < -0.39 is 35.6 Å². The van der Waals surface area contributed by atoms with Gasteiger partial charge in [0.2, 0.25) is 0 Å². The fourth-order valence-corrected chi connectivity index (χ4v) is 5.61. The van der Waals surface area contributed by atoms with Crippen molar-refractivity contribution in [2.75, 3.05) is 13.1 Å². The van der Waals surface area contributed by atoms with Crippen LogP contribution in [0.2, 0.25) is 0 Å². The maximum Gasteiger partial charge on any atom is 0.410 e. The van der Waals surface area contributed by atoms with Crippen molar-refractivity contribution in [3.8, 4) is 11.5 Å². The zero-order valence-electron chi connectivity index (χ0n) is 20.6. The molecular weight excluding hydrogens is 490 g/mol. The first-order valence-corrected chi connectivity index (χ1v) is 12.4. The zero-order chi connectivity index (χ0) is 26.0. The summed E-state index contributed by atoms with van der Waals surface area (Å²) in [6.07, 6.45) is 1.06. The topological polar surface area (TPSA) is 105 Å². The summed E-state index contributed by atoms with van der Waals surface area (Å²) in [7, 11) is 0. The summed E-state index contributed by atoms with van der Waals surface area (Å²) in [5.74, 6) is -4.07. The Morgan fingerprint density at radius 2 is 2.00 bits per heavy atom. The number of alkyl halides is 2. The molecule has 5 heterocycles. The molecule has 1 fully saturated rings. The molecule has 0 bridgehead atoms. The fraction of sp³-hybridized carbons (Fsp3) is 0.458. The van der Waals surface area contributed by atoms with E-state index >= 15 is 8.78 Å². The van der Waals surface area contributed by atoms with Crippen LogP contribution in [-0.2, 0) is 4.74 Å². The molecule has 9 nitrogen and oxygen atoms in total. The lowest BCUT2D eigenvalue weighted by atomic mass is 9.91. The highest BCUT2D eigenvalue weighted by Crippen LogP contribution is 2.44. The number of ether oxygens (including phenoxy) is 1. The summed E-state index contributed by atoms with van der Waals surface area (Å²) in [6, 6.07) is 3.26. The minimum absolute atomic E-state index is 0.0429. The Balaban J connectivity index is 1.46. The van der Waals surface area contributed by atoms with Gasteiger partial charge < -0.3 is 14.6 Å². The molecule has 4 aromatic rings. The Morgan fingerprint density at radius 3 is 2.69 bits per heavy atom. The maximum atomic E-state index is 15.2. The number of carbonyl (C=O) groups is 1. The van der Waals surface area contributed by atoms with E-state index in [1.165, 1.54) is 6.07 Å². The SMILES string of the molecule is Cc1cn2nc(-c3nc4sc(C5CCN(C(=O)OC(C)(C)C)CC5(F)F)cc4c(=O)[nH]3)cc(C)c2n1. The van der Waals surface area contributed by atoms with E-state index in [1.54, 1.807) is 37.5 Å². The number of likely N-dealkylation sites (tertiary alicyclic amines) is 1. The Bertz CT molecular complexity index is 1550. The number of carbonyl (C=O) groups excluding carboxylic acids is 1. The summed E-state index contributed by atoms with van der Waals surface area (Å²) in [6.45, 7) is 8.21. The van der Waals surface area contributed by atoms with Gasteiger partial charge >= 0.3 is 6.09 Å². The molecule has 0 radical (unpaired) electrons. The normalized spacial score (nSPS) is 18.2. The molecule has 190 valence electrons. The highest BCUT2D eigenvalue weighted by atomic mass is 32.1. The average Bonchev–Trinajstić information content (AvgIpc) is 3.35. The number of rotatable bonds is 2. The average molecular weight is 517 g/mol. The maximum absolute atomic E-state index is 15.2. The van der Waals surface area contributed by atoms with Gasteiger partial charge in [0.1, 0.15) is 16.1 Å². The Kier molecular flexibility index (Phi) is 5.62. The number of halogens is 2. The molecule has 4 aromatic heterocycles. The number of fused-ring (bicyclic) bond motifs is 2. The van der Waals surface area contributed by atoms with Gasteiger partial charge in [-0.05, 0) is 58.7 Å². The van der Waals surface area contributed by atoms with E-state index in [4.69, 9.17) is 4.74 Å². The van der Waals surface area contributed by atoms with Gasteiger partial charge in [0, 0.05) is 11.4 Å². The lowest BCUT2D eigenvalue weighted by Crippen LogP contribution is -2.50. The van der Waals surface area contributed by atoms with E-state index in [0.29, 0.717) is 21.0 Å². The number of nitrogens with zero attached hydrogens (tertiary/aromatic N) is 5. The summed E-state index contributed by atoms with van der Waals surface area (Å²) >= 11 is 1.07. The number of nitrogens with one attached hydrogen (secondary N) is 1. The van der Waals surface area contributed by atoms with Gasteiger partial charge in [0.25, 0.3) is 11.5 Å². The number of hydrogen-bond acceptors (Lipinski definition) is 7. The first-order valence-electron chi connectivity index (χ1n) is 11.5. The predicted octanol–water partition coefficient (Wildman–Crippen LogP) is 4.67. The van der Waals surface area contributed by atoms with E-state index in [-0.39, 0.29) is 24.2 Å². The molecule has 1 aliphatic heterocycles. The summed E-state index contributed by atoms with van der Waals surface area (Å²) in [4.78, 5) is 38.6. The Labute approximate surface area is 209 Å². The van der Waals surface area contributed by atoms with Gasteiger partial charge in [-0.15, -0.1) is 11.3 Å². The lowest BCUT2D eigenvalue weighted by molar-refractivity contribution is -0.0840. The first kappa shape index (κ1) is 24.3. The molecule has 0 spiro atoms. The first-order chi connectivity index (χ1) is 16.8. The molecule has 1 aliphatic rings. The van der Waals surface area contributed by atoms with Gasteiger partial charge in [-0.25, -0.2) is 28.1 Å². The van der Waals surface area contributed by atoms with Crippen molar-refractivity contribution in [1.82, 2.24) is 29.5 Å². The molecule has 1 amide bonds. The molecule has 36 heavy (non-hydrogen) atoms. The van der Waals surface area contributed by atoms with Crippen LogP contribution in [0.15, 0.2) is 23.1 Å². The molecule has 1 atom stereocenters. The monoisotopic (exact) mass is 516 g/mol. The van der Waals surface area contributed by atoms with Gasteiger partial charge in [-0.3, -0.25) is 4.79 Å². The second kappa shape index (κ2) is 8.32. The second-order valence-electron chi connectivity index (χ2n) is 10.1. The summed E-state index contributed by atoms with van der Waals surface area (Å²) < 4.78 is 37.3. The highest BCUT2D eigenvalue weighted by Gasteiger charge is 2.48. The van der Waals surface area contributed by atoms with Gasteiger partial charge in [-0.2, -0.15) is 5.10 Å². The van der Waals surface area contributed by atoms with E-state index in [9.17, 15) is 9.59 Å². The molecule has 1 saturated heterocycles. The highest BCUT2D eigenvalue weighted by molar-refractivity contribution is 7.18. The predicted molar refractivity (Wildman–Crippen MR) is 132 cm³/mol. The molecule has 0 aliphatic carbocycles. The van der Waals surface area contributed by atoms with Crippen LogP contribution in [-0.4, -0.2) is 60.2 Å². The van der Waals surface area contributed by atoms with Crippen molar-refractivity contribution in [3.63, 3.8) is 0 Å². The third-order valence-corrected chi connectivity index (χ3v) is 7.13. The van der Waals surface area contributed by atoms with Gasteiger partial charge in [0.05, 0.1) is 29.7 Å². The summed E-state index contributed by atoms with van der Waals surface area (Å²) in [5.41, 5.74) is 1.63. The minimum atomic E-state index is -3.19. The third kappa shape index (κ3) is 4.45. The van der Waals surface area contributed by atoms with Crippen molar-refractivity contribution in [2.45, 2.75) is 58.5 Å². The smallest absolute Gasteiger partial charge is 0.410 e. The number of piperidine rings is 1. The van der Waals surface area contributed by atoms with Crippen LogP contribution in [0.5, 0.6) is 0 Å². The number of amides is 1. The number of aromatic amines is 1. The molecular formula is C24H26F2N6O3S. The number of H-pyrrole nitrogens is 1. The zero-order valence-corrected chi connectivity index (χ0v) is 21.4. The van der Waals surface area contributed by atoms with Crippen LogP contribution in [0.25, 0.3) is 27.4 Å². The fourth-order valence-electron chi connectivity index (χ4n) is 4.38. The Hall–Kier alpha value is -3.41. The third-order valence-electron chi connectivity index (χ3n) is 5.99. The molecule has 0 saturated carbocycles. The molecule has 5 rings (SSSR count). The number of thiophene rings is 1. The van der Waals surface area contributed by atoms with Crippen LogP contribution in [0, 0.1) is 13.8 Å². The molecule has 1 unspecified atom stereocenters. The molecule has 12 heteroatoms. The largest absolute Gasteiger partial charge is 0.444 e. The Morgan fingerprint density at radius 1 is 1.25 bits per heavy atom. The number of hydrogen-bond donors (Lipinski definition) is 1. The van der Waals surface area contributed by atoms with Crippen molar-refractivity contribution in [2.24, 2.45) is 0 Å². The van der Waals surface area contributed by atoms with Crippen LogP contribution < -0.4 is 5.56 Å². The lowest BCUT2D eigenvalue weighted by Gasteiger charge is -2.38. The minimum Gasteiger partial charge on any atom is -0.444 e. The van der Waals surface area contributed by atoms with Crippen molar-refractivity contribution < 1.29 is 18.3 Å². The van der Waals surface area contributed by atoms with E-state index in [2.05, 4.69) is 20.1 Å². The summed E-state index contributed by atoms with van der Waals surface area (Å²) in [5, 5.41) is 4.75. The van der Waals surface area contributed by atoms with Crippen LogP contribution >= 0.6 is 11.3 Å². The van der Waals surface area contributed by atoms with Crippen molar-refractivity contribution in [3.05, 3.63) is 44.8 Å². The molecule has 0 aromatic carbocycles. The van der Waals surface area contributed by atoms with Crippen LogP contribution in [0.1, 0.15) is 49.2 Å². The second-order valence-corrected chi connectivity index (χ2v) is 11.2. The van der Waals surface area contributed by atoms with Crippen molar-refractivity contribution >= 4 is 33.3 Å². The van der Waals surface area contributed by atoms with E-state index in [0.717, 1.165) is 27.5 Å². The quantitative estimate of drug-likeness (QED) is 0.415. The number of imidazole rings is 1. The van der Waals surface area contributed by atoms with Crippen molar-refractivity contribution in [1.29, 1.82) is 0 Å². The van der Waals surface area contributed by atoms with Gasteiger partial charge in [-0.1, -0.05) is 0 Å². The number of aromatic nitrogens is 5. The van der Waals surface area contributed by atoms with Crippen LogP contribution in [0.4, 0.5) is 13.6 Å². The standard InChI is InChI=1S/C24H26F2N6O3S/c1-12-8-16(30-32-10-13(2)27-19(12)32)18-28-20(33)14-9-17(36-21(14)29-18)15-6-7-31(11-24(15,25)26)22(34)35-23(3,4)5/h8-10,15H,6-7,11H2,1-5H3,(H,28,29,33). The molecule has 1 N–H and O–H groups in total. The number of aryl methyl sites for hydroxylation is 2. The van der Waals surface area contributed by atoms with Crippen LogP contribution in [0.3, 0.4) is 0 Å². The van der Waals surface area contributed by atoms with Gasteiger partial charge in [0.15, 0.2) is 11.5 Å². The van der Waals surface area contributed by atoms with E-state index in [1.807, 2.05) is 13.8 Å².